The molecule has 0 atom stereocenters. The number of unbranched alkanes of at least 4 members (excludes halogenated alkanes) is 10. The van der Waals surface area contributed by atoms with E-state index < -0.39 is 0 Å². The van der Waals surface area contributed by atoms with Gasteiger partial charge in [-0.25, -0.2) is 0 Å². The van der Waals surface area contributed by atoms with Gasteiger partial charge in [0.25, 0.3) is 22.2 Å². The van der Waals surface area contributed by atoms with Gasteiger partial charge in [-0.1, -0.05) is 78.1 Å². The number of nitrogens with zero attached hydrogens (tertiary/aromatic N) is 2. The standard InChI is InChI=1S/C30H36Br2N2O4/c1-3-5-7-9-11-13-15-33-27(35)21-17-19-20(25(31)23(21)29(33)37)18-22-24(26(19)32)30(38)34(28(22)36)16-14-12-10-8-6-4-2/h17-18H,3-16H2,1-2H3. The molecular weight excluding hydrogens is 612 g/mol. The third-order valence-corrected chi connectivity index (χ3v) is 9.31. The number of rotatable bonds is 14. The van der Waals surface area contributed by atoms with E-state index >= 15 is 0 Å². The summed E-state index contributed by atoms with van der Waals surface area (Å²) in [7, 11) is 0. The molecule has 0 aliphatic rings. The quantitative estimate of drug-likeness (QED) is 0.134. The first kappa shape index (κ1) is 28.9. The number of hydrogen-bond donors (Lipinski definition) is 0. The van der Waals surface area contributed by atoms with Crippen LogP contribution in [0.25, 0.3) is 32.3 Å². The maximum absolute atomic E-state index is 13.3. The molecule has 0 aliphatic heterocycles. The second-order valence-corrected chi connectivity index (χ2v) is 12.0. The second-order valence-electron chi connectivity index (χ2n) is 10.4. The van der Waals surface area contributed by atoms with Gasteiger partial charge in [0.1, 0.15) is 0 Å². The monoisotopic (exact) mass is 646 g/mol. The number of halogens is 2. The average Bonchev–Trinajstić information content (AvgIpc) is 3.28. The SMILES string of the molecule is CCCCCCCCn1c(=O)c2cc3c(Br)c4c(=O)n(CCCCCCCC)c(=O)c4cc3c(Br)c2c1=O. The zero-order valence-electron chi connectivity index (χ0n) is 22.3. The third kappa shape index (κ3) is 5.48. The van der Waals surface area contributed by atoms with Crippen molar-refractivity contribution in [2.45, 2.75) is 104 Å². The van der Waals surface area contributed by atoms with Crippen molar-refractivity contribution >= 4 is 64.2 Å². The lowest BCUT2D eigenvalue weighted by Crippen LogP contribution is -2.25. The summed E-state index contributed by atoms with van der Waals surface area (Å²) in [5.74, 6) is 0. The maximum atomic E-state index is 13.3. The Kier molecular flexibility index (Phi) is 9.79. The van der Waals surface area contributed by atoms with Crippen molar-refractivity contribution in [3.05, 3.63) is 62.5 Å². The topological polar surface area (TPSA) is 78.1 Å². The van der Waals surface area contributed by atoms with Crippen LogP contribution < -0.4 is 22.2 Å². The normalized spacial score (nSPS) is 12.0. The highest BCUT2D eigenvalue weighted by Gasteiger charge is 2.23. The van der Waals surface area contributed by atoms with Crippen molar-refractivity contribution in [2.24, 2.45) is 0 Å². The van der Waals surface area contributed by atoms with Crippen LogP contribution in [0.3, 0.4) is 0 Å². The van der Waals surface area contributed by atoms with E-state index in [1.54, 1.807) is 12.1 Å². The van der Waals surface area contributed by atoms with Gasteiger partial charge < -0.3 is 0 Å². The van der Waals surface area contributed by atoms with Crippen LogP contribution in [0.5, 0.6) is 0 Å². The molecule has 0 saturated carbocycles. The van der Waals surface area contributed by atoms with Gasteiger partial charge in [-0.3, -0.25) is 28.3 Å². The number of fused-ring (bicyclic) bond motifs is 3. The van der Waals surface area contributed by atoms with Crippen LogP contribution in [0.4, 0.5) is 0 Å². The van der Waals surface area contributed by atoms with Gasteiger partial charge in [-0.2, -0.15) is 0 Å². The van der Waals surface area contributed by atoms with E-state index in [2.05, 4.69) is 45.7 Å². The minimum absolute atomic E-state index is 0.305. The smallest absolute Gasteiger partial charge is 0.262 e. The maximum Gasteiger partial charge on any atom is 0.262 e. The Morgan fingerprint density at radius 1 is 0.500 bits per heavy atom. The van der Waals surface area contributed by atoms with E-state index in [-0.39, 0.29) is 22.2 Å². The van der Waals surface area contributed by atoms with E-state index in [9.17, 15) is 19.2 Å². The molecule has 2 heterocycles. The van der Waals surface area contributed by atoms with Crippen molar-refractivity contribution in [1.29, 1.82) is 0 Å². The van der Waals surface area contributed by atoms with E-state index in [1.807, 2.05) is 0 Å². The molecule has 204 valence electrons. The molecule has 0 bridgehead atoms. The van der Waals surface area contributed by atoms with Crippen molar-refractivity contribution in [3.63, 3.8) is 0 Å². The molecule has 8 heteroatoms. The summed E-state index contributed by atoms with van der Waals surface area (Å²) in [6, 6.07) is 3.38. The Morgan fingerprint density at radius 3 is 1.21 bits per heavy atom. The summed E-state index contributed by atoms with van der Waals surface area (Å²) in [6.07, 6.45) is 12.8. The summed E-state index contributed by atoms with van der Waals surface area (Å²) in [5, 5.41) is 2.62. The Morgan fingerprint density at radius 2 is 0.842 bits per heavy atom. The fourth-order valence-corrected chi connectivity index (χ4v) is 6.89. The second kappa shape index (κ2) is 12.9. The molecule has 0 unspecified atom stereocenters. The van der Waals surface area contributed by atoms with Gasteiger partial charge in [0.2, 0.25) is 0 Å². The predicted molar refractivity (Wildman–Crippen MR) is 165 cm³/mol. The number of hydrogen-bond acceptors (Lipinski definition) is 4. The summed E-state index contributed by atoms with van der Waals surface area (Å²) in [5.41, 5.74) is -1.23. The summed E-state index contributed by atoms with van der Waals surface area (Å²) >= 11 is 7.15. The fraction of sp³-hybridized carbons (Fsp3) is 0.533. The highest BCUT2D eigenvalue weighted by molar-refractivity contribution is 9.11. The van der Waals surface area contributed by atoms with E-state index in [4.69, 9.17) is 0 Å². The highest BCUT2D eigenvalue weighted by atomic mass is 79.9. The lowest BCUT2D eigenvalue weighted by molar-refractivity contribution is 0.547. The van der Waals surface area contributed by atoms with Crippen LogP contribution in [-0.2, 0) is 13.1 Å². The Labute approximate surface area is 239 Å². The van der Waals surface area contributed by atoms with Gasteiger partial charge in [0.15, 0.2) is 0 Å². The summed E-state index contributed by atoms with van der Waals surface area (Å²) < 4.78 is 3.64. The van der Waals surface area contributed by atoms with Gasteiger partial charge in [-0.05, 0) is 67.6 Å². The first-order valence-corrected chi connectivity index (χ1v) is 15.6. The molecule has 2 aromatic carbocycles. The molecule has 0 saturated heterocycles. The summed E-state index contributed by atoms with van der Waals surface area (Å²) in [6.45, 7) is 5.13. The van der Waals surface area contributed by atoms with Crippen molar-refractivity contribution < 1.29 is 0 Å². The zero-order chi connectivity index (χ0) is 27.4. The molecule has 6 nitrogen and oxygen atoms in total. The van der Waals surface area contributed by atoms with Crippen LogP contribution in [0.2, 0.25) is 0 Å². The molecule has 0 aliphatic carbocycles. The molecule has 0 fully saturated rings. The van der Waals surface area contributed by atoms with Crippen LogP contribution in [0, 0.1) is 0 Å². The first-order chi connectivity index (χ1) is 18.3. The average molecular weight is 648 g/mol. The Balaban J connectivity index is 1.72. The highest BCUT2D eigenvalue weighted by Crippen LogP contribution is 2.37. The third-order valence-electron chi connectivity index (χ3n) is 7.66. The minimum atomic E-state index is -0.309. The van der Waals surface area contributed by atoms with Gasteiger partial charge in [0.05, 0.1) is 21.5 Å². The van der Waals surface area contributed by atoms with Crippen molar-refractivity contribution in [3.8, 4) is 0 Å². The van der Waals surface area contributed by atoms with E-state index in [0.717, 1.165) is 38.5 Å². The molecule has 0 N–H and O–H groups in total. The van der Waals surface area contributed by atoms with Crippen LogP contribution in [-0.4, -0.2) is 9.13 Å². The Hall–Kier alpha value is -2.06. The zero-order valence-corrected chi connectivity index (χ0v) is 25.5. The molecular formula is C30H36Br2N2O4. The lowest BCUT2D eigenvalue weighted by Gasteiger charge is -2.05. The van der Waals surface area contributed by atoms with E-state index in [1.165, 1.54) is 47.7 Å². The van der Waals surface area contributed by atoms with Crippen molar-refractivity contribution in [2.75, 3.05) is 0 Å². The molecule has 4 aromatic rings. The lowest BCUT2D eigenvalue weighted by atomic mass is 10.0. The van der Waals surface area contributed by atoms with Crippen LogP contribution in [0.15, 0.2) is 40.3 Å². The fourth-order valence-electron chi connectivity index (χ4n) is 5.46. The van der Waals surface area contributed by atoms with Gasteiger partial charge in [0, 0.05) is 22.0 Å². The number of aromatic nitrogens is 2. The largest absolute Gasteiger partial charge is 0.274 e. The molecule has 0 radical (unpaired) electrons. The van der Waals surface area contributed by atoms with E-state index in [0.29, 0.717) is 54.4 Å². The predicted octanol–water partition coefficient (Wildman–Crippen LogP) is 7.31. The minimum Gasteiger partial charge on any atom is -0.274 e. The van der Waals surface area contributed by atoms with Crippen molar-refractivity contribution in [1.82, 2.24) is 9.13 Å². The summed E-state index contributed by atoms with van der Waals surface area (Å²) in [4.78, 5) is 53.0. The first-order valence-electron chi connectivity index (χ1n) is 14.0. The van der Waals surface area contributed by atoms with Crippen LogP contribution >= 0.6 is 31.9 Å². The molecule has 38 heavy (non-hydrogen) atoms. The molecule has 0 spiro atoms. The molecule has 2 aromatic heterocycles. The molecule has 0 amide bonds. The van der Waals surface area contributed by atoms with Crippen LogP contribution in [0.1, 0.15) is 90.9 Å². The molecule has 4 rings (SSSR count). The Bertz CT molecular complexity index is 1530. The number of benzene rings is 2. The van der Waals surface area contributed by atoms with Gasteiger partial charge in [-0.15, -0.1) is 0 Å². The van der Waals surface area contributed by atoms with Gasteiger partial charge >= 0.3 is 0 Å².